The molecular weight excluding hydrogens is 375 g/mol. The quantitative estimate of drug-likeness (QED) is 0.439. The van der Waals surface area contributed by atoms with Crippen molar-refractivity contribution in [3.05, 3.63) is 76.7 Å². The van der Waals surface area contributed by atoms with E-state index in [-0.39, 0.29) is 0 Å². The summed E-state index contributed by atoms with van der Waals surface area (Å²) in [4.78, 5) is 4.48. The SMILES string of the molecule is Clc1cccc(-n2cnnc2SCc2c(Cl)ccc3cccnc23)c1. The lowest BCUT2D eigenvalue weighted by Gasteiger charge is -2.09. The van der Waals surface area contributed by atoms with Crippen LogP contribution in [0.4, 0.5) is 0 Å². The predicted molar refractivity (Wildman–Crippen MR) is 103 cm³/mol. The number of benzene rings is 2. The molecule has 4 rings (SSSR count). The van der Waals surface area contributed by atoms with Gasteiger partial charge in [-0.3, -0.25) is 9.55 Å². The molecule has 0 saturated heterocycles. The zero-order valence-corrected chi connectivity index (χ0v) is 15.3. The first-order valence-corrected chi connectivity index (χ1v) is 9.27. The molecule has 2 aromatic heterocycles. The van der Waals surface area contributed by atoms with Gasteiger partial charge in [-0.2, -0.15) is 0 Å². The van der Waals surface area contributed by atoms with Crippen LogP contribution in [0.5, 0.6) is 0 Å². The fourth-order valence-electron chi connectivity index (χ4n) is 2.58. The highest BCUT2D eigenvalue weighted by Crippen LogP contribution is 2.31. The summed E-state index contributed by atoms with van der Waals surface area (Å²) in [6.07, 6.45) is 3.46. The number of fused-ring (bicyclic) bond motifs is 1. The first-order valence-electron chi connectivity index (χ1n) is 7.53. The van der Waals surface area contributed by atoms with Crippen LogP contribution in [0, 0.1) is 0 Å². The second-order valence-corrected chi connectivity index (χ2v) is 7.14. The van der Waals surface area contributed by atoms with Crippen LogP contribution in [0.15, 0.2) is 66.2 Å². The topological polar surface area (TPSA) is 43.6 Å². The van der Waals surface area contributed by atoms with Crippen molar-refractivity contribution in [1.29, 1.82) is 0 Å². The predicted octanol–water partition coefficient (Wildman–Crippen LogP) is 5.41. The molecule has 0 N–H and O–H groups in total. The molecule has 0 aliphatic carbocycles. The van der Waals surface area contributed by atoms with Gasteiger partial charge >= 0.3 is 0 Å². The van der Waals surface area contributed by atoms with E-state index in [9.17, 15) is 0 Å². The van der Waals surface area contributed by atoms with Crippen molar-refractivity contribution in [2.45, 2.75) is 10.9 Å². The number of rotatable bonds is 4. The first-order chi connectivity index (χ1) is 12.2. The normalized spacial score (nSPS) is 11.1. The van der Waals surface area contributed by atoms with E-state index in [1.54, 1.807) is 24.3 Å². The van der Waals surface area contributed by atoms with Gasteiger partial charge in [-0.15, -0.1) is 10.2 Å². The molecule has 0 amide bonds. The highest BCUT2D eigenvalue weighted by Gasteiger charge is 2.12. The number of hydrogen-bond acceptors (Lipinski definition) is 4. The van der Waals surface area contributed by atoms with Gasteiger partial charge in [-0.05, 0) is 30.3 Å². The van der Waals surface area contributed by atoms with Gasteiger partial charge in [-0.1, -0.05) is 53.2 Å². The minimum atomic E-state index is 0.645. The molecule has 0 unspecified atom stereocenters. The van der Waals surface area contributed by atoms with E-state index in [0.717, 1.165) is 27.3 Å². The summed E-state index contributed by atoms with van der Waals surface area (Å²) in [5, 5.41) is 11.5. The number of nitrogens with zero attached hydrogens (tertiary/aromatic N) is 4. The Bertz CT molecular complexity index is 1050. The standard InChI is InChI=1S/C18H12Cl2N4S/c19-13-4-1-5-14(9-13)24-11-22-23-18(24)25-10-15-16(20)7-6-12-3-2-8-21-17(12)15/h1-9,11H,10H2. The Labute approximate surface area is 158 Å². The van der Waals surface area contributed by atoms with E-state index >= 15 is 0 Å². The Morgan fingerprint density at radius 3 is 2.84 bits per heavy atom. The zero-order valence-electron chi connectivity index (χ0n) is 12.9. The Morgan fingerprint density at radius 2 is 1.96 bits per heavy atom. The molecule has 124 valence electrons. The average molecular weight is 387 g/mol. The molecule has 0 aliphatic rings. The lowest BCUT2D eigenvalue weighted by Crippen LogP contribution is -1.96. The summed E-state index contributed by atoms with van der Waals surface area (Å²) < 4.78 is 1.91. The van der Waals surface area contributed by atoms with Crippen molar-refractivity contribution in [3.63, 3.8) is 0 Å². The summed E-state index contributed by atoms with van der Waals surface area (Å²) in [5.74, 6) is 0.645. The van der Waals surface area contributed by atoms with Crippen molar-refractivity contribution in [2.75, 3.05) is 0 Å². The molecule has 0 atom stereocenters. The molecule has 2 heterocycles. The number of pyridine rings is 1. The monoisotopic (exact) mass is 386 g/mol. The van der Waals surface area contributed by atoms with E-state index in [4.69, 9.17) is 23.2 Å². The van der Waals surface area contributed by atoms with Crippen LogP contribution in [0.2, 0.25) is 10.0 Å². The smallest absolute Gasteiger partial charge is 0.195 e. The third-order valence-corrected chi connectivity index (χ3v) is 5.33. The summed E-state index contributed by atoms with van der Waals surface area (Å²) in [6.45, 7) is 0. The minimum absolute atomic E-state index is 0.645. The number of hydrogen-bond donors (Lipinski definition) is 0. The molecule has 0 saturated carbocycles. The van der Waals surface area contributed by atoms with E-state index in [0.29, 0.717) is 15.8 Å². The molecule has 4 aromatic rings. The maximum absolute atomic E-state index is 6.41. The second kappa shape index (κ2) is 7.04. The van der Waals surface area contributed by atoms with Crippen molar-refractivity contribution in [1.82, 2.24) is 19.7 Å². The molecule has 0 aliphatic heterocycles. The van der Waals surface area contributed by atoms with Crippen molar-refractivity contribution < 1.29 is 0 Å². The lowest BCUT2D eigenvalue weighted by molar-refractivity contribution is 0.884. The maximum atomic E-state index is 6.41. The second-order valence-electron chi connectivity index (χ2n) is 5.35. The van der Waals surface area contributed by atoms with E-state index < -0.39 is 0 Å². The van der Waals surface area contributed by atoms with Gasteiger partial charge in [0.2, 0.25) is 0 Å². The molecular formula is C18H12Cl2N4S. The van der Waals surface area contributed by atoms with Crippen molar-refractivity contribution in [3.8, 4) is 5.69 Å². The Morgan fingerprint density at radius 1 is 1.04 bits per heavy atom. The molecule has 0 spiro atoms. The fourth-order valence-corrected chi connectivity index (χ4v) is 4.03. The number of aromatic nitrogens is 4. The van der Waals surface area contributed by atoms with Gasteiger partial charge in [0.25, 0.3) is 0 Å². The molecule has 7 heteroatoms. The zero-order chi connectivity index (χ0) is 17.2. The number of thioether (sulfide) groups is 1. The van der Waals surface area contributed by atoms with Gasteiger partial charge in [-0.25, -0.2) is 0 Å². The van der Waals surface area contributed by atoms with Crippen LogP contribution in [0.3, 0.4) is 0 Å². The molecule has 0 bridgehead atoms. The molecule has 0 fully saturated rings. The summed E-state index contributed by atoms with van der Waals surface area (Å²) in [5.41, 5.74) is 2.82. The molecule has 4 nitrogen and oxygen atoms in total. The van der Waals surface area contributed by atoms with E-state index in [1.165, 1.54) is 0 Å². The van der Waals surface area contributed by atoms with Gasteiger partial charge < -0.3 is 0 Å². The van der Waals surface area contributed by atoms with E-state index in [1.807, 2.05) is 53.1 Å². The first kappa shape index (κ1) is 16.4. The Hall–Kier alpha value is -2.08. The van der Waals surface area contributed by atoms with Gasteiger partial charge in [0, 0.05) is 32.9 Å². The van der Waals surface area contributed by atoms with Crippen molar-refractivity contribution >= 4 is 45.9 Å². The number of halogens is 2. The lowest BCUT2D eigenvalue weighted by atomic mass is 10.1. The van der Waals surface area contributed by atoms with Crippen LogP contribution in [-0.4, -0.2) is 19.7 Å². The van der Waals surface area contributed by atoms with Crippen LogP contribution >= 0.6 is 35.0 Å². The van der Waals surface area contributed by atoms with Crippen LogP contribution in [0.25, 0.3) is 16.6 Å². The molecule has 0 radical (unpaired) electrons. The van der Waals surface area contributed by atoms with Crippen LogP contribution in [0.1, 0.15) is 5.56 Å². The van der Waals surface area contributed by atoms with Gasteiger partial charge in [0.05, 0.1) is 11.2 Å². The fraction of sp³-hybridized carbons (Fsp3) is 0.0556. The average Bonchev–Trinajstić information content (AvgIpc) is 3.09. The summed E-state index contributed by atoms with van der Waals surface area (Å²) in [6, 6.07) is 15.4. The van der Waals surface area contributed by atoms with Crippen LogP contribution in [-0.2, 0) is 5.75 Å². The largest absolute Gasteiger partial charge is 0.277 e. The maximum Gasteiger partial charge on any atom is 0.195 e. The van der Waals surface area contributed by atoms with E-state index in [2.05, 4.69) is 15.2 Å². The van der Waals surface area contributed by atoms with Crippen LogP contribution < -0.4 is 0 Å². The Kier molecular flexibility index (Phi) is 4.61. The summed E-state index contributed by atoms with van der Waals surface area (Å²) >= 11 is 14.1. The Balaban J connectivity index is 1.66. The highest BCUT2D eigenvalue weighted by atomic mass is 35.5. The third kappa shape index (κ3) is 3.35. The minimum Gasteiger partial charge on any atom is -0.277 e. The summed E-state index contributed by atoms with van der Waals surface area (Å²) in [7, 11) is 0. The van der Waals surface area contributed by atoms with Gasteiger partial charge in [0.15, 0.2) is 5.16 Å². The third-order valence-electron chi connectivity index (χ3n) is 3.77. The molecule has 25 heavy (non-hydrogen) atoms. The highest BCUT2D eigenvalue weighted by molar-refractivity contribution is 7.98. The molecule has 2 aromatic carbocycles. The van der Waals surface area contributed by atoms with Crippen molar-refractivity contribution in [2.24, 2.45) is 0 Å². The van der Waals surface area contributed by atoms with Gasteiger partial charge in [0.1, 0.15) is 6.33 Å².